The number of aliphatic hydroxyl groups is 5. The van der Waals surface area contributed by atoms with Gasteiger partial charge in [-0.25, -0.2) is 0 Å². The molecule has 0 radical (unpaired) electrons. The van der Waals surface area contributed by atoms with E-state index < -0.39 is 49.5 Å². The van der Waals surface area contributed by atoms with E-state index in [-0.39, 0.29) is 12.5 Å². The first-order chi connectivity index (χ1) is 35.8. The van der Waals surface area contributed by atoms with Crippen LogP contribution in [-0.2, 0) is 14.3 Å². The van der Waals surface area contributed by atoms with Crippen molar-refractivity contribution in [3.05, 3.63) is 0 Å². The summed E-state index contributed by atoms with van der Waals surface area (Å²) < 4.78 is 11.4. The number of hydrogen-bond donors (Lipinski definition) is 6. The Morgan fingerprint density at radius 3 is 0.973 bits per heavy atom. The maximum absolute atomic E-state index is 13.1. The summed E-state index contributed by atoms with van der Waals surface area (Å²) >= 11 is 0. The van der Waals surface area contributed by atoms with Gasteiger partial charge in [-0.15, -0.1) is 0 Å². The monoisotopic (exact) mass is 1040 g/mol. The van der Waals surface area contributed by atoms with Crippen molar-refractivity contribution in [2.75, 3.05) is 13.2 Å². The minimum absolute atomic E-state index is 0.131. The largest absolute Gasteiger partial charge is 0.394 e. The highest BCUT2D eigenvalue weighted by atomic mass is 16.7. The highest BCUT2D eigenvalue weighted by molar-refractivity contribution is 5.76. The molecule has 1 amide bonds. The van der Waals surface area contributed by atoms with Gasteiger partial charge in [0.2, 0.25) is 5.91 Å². The van der Waals surface area contributed by atoms with Crippen LogP contribution in [0.2, 0.25) is 0 Å². The van der Waals surface area contributed by atoms with E-state index in [0.717, 1.165) is 38.5 Å². The number of aliphatic hydroxyl groups excluding tert-OH is 5. The predicted octanol–water partition coefficient (Wildman–Crippen LogP) is 17.0. The summed E-state index contributed by atoms with van der Waals surface area (Å²) in [5, 5.41) is 54.8. The molecule has 0 aromatic rings. The van der Waals surface area contributed by atoms with E-state index >= 15 is 0 Å². The van der Waals surface area contributed by atoms with Crippen LogP contribution in [0, 0.1) is 0 Å². The molecular formula is C64H127NO8. The Kier molecular flexibility index (Phi) is 52.5. The molecule has 1 saturated heterocycles. The molecule has 436 valence electrons. The second-order valence-electron chi connectivity index (χ2n) is 23.3. The quantitative estimate of drug-likeness (QED) is 0.0330. The molecule has 1 aliphatic heterocycles. The van der Waals surface area contributed by atoms with Crippen LogP contribution in [0.3, 0.4) is 0 Å². The maximum atomic E-state index is 13.1. The van der Waals surface area contributed by atoms with Crippen LogP contribution in [0.15, 0.2) is 0 Å². The van der Waals surface area contributed by atoms with Crippen LogP contribution >= 0.6 is 0 Å². The van der Waals surface area contributed by atoms with Crippen molar-refractivity contribution < 1.29 is 39.8 Å². The normalized spacial score (nSPS) is 18.9. The molecule has 0 saturated carbocycles. The topological polar surface area (TPSA) is 149 Å². The van der Waals surface area contributed by atoms with Gasteiger partial charge in [0.05, 0.1) is 25.4 Å². The SMILES string of the molecule is CCCCCCCCCCCCCCCCCCCCCCCCCCCCCCCC(=O)NC(COC1OC(CO)C(O)C(O)C1O)C(O)CCCCCCCCCCCCCCCCCCCCCCC. The maximum Gasteiger partial charge on any atom is 0.220 e. The van der Waals surface area contributed by atoms with E-state index in [1.807, 2.05) is 0 Å². The third kappa shape index (κ3) is 43.8. The molecular weight excluding hydrogens is 911 g/mol. The van der Waals surface area contributed by atoms with Gasteiger partial charge < -0.3 is 40.3 Å². The number of hydrogen-bond acceptors (Lipinski definition) is 8. The highest BCUT2D eigenvalue weighted by Crippen LogP contribution is 2.24. The van der Waals surface area contributed by atoms with Crippen molar-refractivity contribution in [2.45, 2.75) is 391 Å². The first-order valence-electron chi connectivity index (χ1n) is 32.7. The lowest BCUT2D eigenvalue weighted by atomic mass is 9.99. The zero-order valence-corrected chi connectivity index (χ0v) is 48.7. The highest BCUT2D eigenvalue weighted by Gasteiger charge is 2.44. The van der Waals surface area contributed by atoms with Crippen molar-refractivity contribution in [1.29, 1.82) is 0 Å². The van der Waals surface area contributed by atoms with Gasteiger partial charge in [0.25, 0.3) is 0 Å². The van der Waals surface area contributed by atoms with Crippen LogP contribution in [0.25, 0.3) is 0 Å². The lowest BCUT2D eigenvalue weighted by Gasteiger charge is -2.40. The van der Waals surface area contributed by atoms with Crippen LogP contribution in [0.4, 0.5) is 0 Å². The van der Waals surface area contributed by atoms with Gasteiger partial charge in [-0.05, 0) is 12.8 Å². The first kappa shape index (κ1) is 70.2. The summed E-state index contributed by atoms with van der Waals surface area (Å²) in [7, 11) is 0. The summed E-state index contributed by atoms with van der Waals surface area (Å²) in [5.41, 5.74) is 0. The molecule has 73 heavy (non-hydrogen) atoms. The molecule has 0 aromatic carbocycles. The van der Waals surface area contributed by atoms with E-state index in [0.29, 0.717) is 12.8 Å². The van der Waals surface area contributed by atoms with Gasteiger partial charge in [0.1, 0.15) is 24.4 Å². The zero-order valence-electron chi connectivity index (χ0n) is 48.7. The molecule has 7 unspecified atom stereocenters. The van der Waals surface area contributed by atoms with Gasteiger partial charge in [-0.1, -0.05) is 328 Å². The molecule has 1 heterocycles. The Morgan fingerprint density at radius 2 is 0.685 bits per heavy atom. The number of carbonyl (C=O) groups is 1. The average molecular weight is 1040 g/mol. The summed E-state index contributed by atoms with van der Waals surface area (Å²) in [6.45, 7) is 3.90. The summed E-state index contributed by atoms with van der Waals surface area (Å²) in [5.74, 6) is -0.134. The number of nitrogens with one attached hydrogen (secondary N) is 1. The Bertz CT molecular complexity index is 1110. The van der Waals surface area contributed by atoms with Crippen molar-refractivity contribution in [3.63, 3.8) is 0 Å². The number of ether oxygens (including phenoxy) is 2. The van der Waals surface area contributed by atoms with Crippen LogP contribution < -0.4 is 5.32 Å². The minimum Gasteiger partial charge on any atom is -0.394 e. The first-order valence-corrected chi connectivity index (χ1v) is 32.7. The lowest BCUT2D eigenvalue weighted by Crippen LogP contribution is -2.60. The standard InChI is InChI=1S/C64H127NO8/c1-3-5-7-9-11-13-15-17-19-21-23-25-26-27-28-29-30-31-32-34-36-38-40-42-44-46-48-50-52-54-60(68)65-57(56-72-64-63(71)62(70)61(69)59(55-66)73-64)58(67)53-51-49-47-45-43-41-39-37-35-33-24-22-20-18-16-14-12-10-8-6-4-2/h57-59,61-64,66-67,69-71H,3-56H2,1-2H3,(H,65,68). The number of carbonyl (C=O) groups excluding carboxylic acids is 1. The van der Waals surface area contributed by atoms with Crippen molar-refractivity contribution in [1.82, 2.24) is 5.32 Å². The van der Waals surface area contributed by atoms with E-state index in [1.54, 1.807) is 0 Å². The van der Waals surface area contributed by atoms with E-state index in [9.17, 15) is 30.3 Å². The van der Waals surface area contributed by atoms with Crippen molar-refractivity contribution in [2.24, 2.45) is 0 Å². The van der Waals surface area contributed by atoms with Gasteiger partial charge in [0, 0.05) is 6.42 Å². The van der Waals surface area contributed by atoms with Crippen molar-refractivity contribution in [3.8, 4) is 0 Å². The smallest absolute Gasteiger partial charge is 0.220 e. The third-order valence-electron chi connectivity index (χ3n) is 16.2. The van der Waals surface area contributed by atoms with Gasteiger partial charge in [-0.2, -0.15) is 0 Å². The Hall–Kier alpha value is -0.810. The lowest BCUT2D eigenvalue weighted by molar-refractivity contribution is -0.302. The van der Waals surface area contributed by atoms with Crippen LogP contribution in [0.1, 0.15) is 348 Å². The Labute approximate surface area is 453 Å². The fourth-order valence-corrected chi connectivity index (χ4v) is 11.0. The number of unbranched alkanes of at least 4 members (excludes halogenated alkanes) is 48. The molecule has 7 atom stereocenters. The van der Waals surface area contributed by atoms with Crippen LogP contribution in [0.5, 0.6) is 0 Å². The molecule has 1 rings (SSSR count). The molecule has 0 spiro atoms. The molecule has 1 fully saturated rings. The fraction of sp³-hybridized carbons (Fsp3) is 0.984. The molecule has 9 heteroatoms. The van der Waals surface area contributed by atoms with Crippen molar-refractivity contribution >= 4 is 5.91 Å². The number of amides is 1. The fourth-order valence-electron chi connectivity index (χ4n) is 11.0. The molecule has 0 aliphatic carbocycles. The summed E-state index contributed by atoms with van der Waals surface area (Å²) in [4.78, 5) is 13.1. The zero-order chi connectivity index (χ0) is 52.9. The van der Waals surface area contributed by atoms with Crippen LogP contribution in [-0.4, -0.2) is 87.5 Å². The van der Waals surface area contributed by atoms with Gasteiger partial charge >= 0.3 is 0 Å². The summed E-state index contributed by atoms with van der Waals surface area (Å²) in [6.07, 6.45) is 60.1. The summed E-state index contributed by atoms with van der Waals surface area (Å²) in [6, 6.07) is -0.714. The average Bonchev–Trinajstić information content (AvgIpc) is 3.39. The molecule has 0 aromatic heterocycles. The molecule has 0 bridgehead atoms. The second-order valence-corrected chi connectivity index (χ2v) is 23.3. The minimum atomic E-state index is -1.55. The number of rotatable bonds is 58. The third-order valence-corrected chi connectivity index (χ3v) is 16.2. The van der Waals surface area contributed by atoms with E-state index in [2.05, 4.69) is 19.2 Å². The molecule has 1 aliphatic rings. The van der Waals surface area contributed by atoms with E-state index in [1.165, 1.54) is 283 Å². The van der Waals surface area contributed by atoms with E-state index in [4.69, 9.17) is 9.47 Å². The Morgan fingerprint density at radius 1 is 0.411 bits per heavy atom. The Balaban J connectivity index is 2.11. The molecule has 9 nitrogen and oxygen atoms in total. The second kappa shape index (κ2) is 54.5. The van der Waals surface area contributed by atoms with Gasteiger partial charge in [-0.3, -0.25) is 4.79 Å². The van der Waals surface area contributed by atoms with Gasteiger partial charge in [0.15, 0.2) is 6.29 Å². The predicted molar refractivity (Wildman–Crippen MR) is 309 cm³/mol. The molecule has 6 N–H and O–H groups in total.